The van der Waals surface area contributed by atoms with Crippen LogP contribution in [-0.2, 0) is 33.6 Å². The molecule has 6 aromatic carbocycles. The standard InChI is InChI=1S/C51H47N5O5/c1-32-46(50(2,3)36-22-26-38(60-4)27-23-36)44(28-29-54-31-41(52-53-54)47(57)35-12-6-5-7-13-35)61-51(32)40-17-8-9-18-42(40)55(49(51)59)30-33-20-24-37(25-21-33)56-43-19-11-15-34-14-10-16-39(45(34)43)48(56)58/h5-27,31-32,44,46-47,57H,28-30H2,1-4H3/t32-,44+,46-,47-,51+/m1/s1. The van der Waals surface area contributed by atoms with Crippen molar-refractivity contribution in [2.75, 3.05) is 16.9 Å². The molecule has 2 amide bonds. The molecule has 10 nitrogen and oxygen atoms in total. The van der Waals surface area contributed by atoms with Crippen LogP contribution in [0.3, 0.4) is 0 Å². The van der Waals surface area contributed by atoms with Crippen LogP contribution in [0.2, 0.25) is 0 Å². The quantitative estimate of drug-likeness (QED) is 0.139. The lowest BCUT2D eigenvalue weighted by Crippen LogP contribution is -2.45. The molecule has 1 spiro atoms. The molecule has 0 radical (unpaired) electrons. The van der Waals surface area contributed by atoms with Gasteiger partial charge >= 0.3 is 0 Å². The van der Waals surface area contributed by atoms with Crippen LogP contribution < -0.4 is 14.5 Å². The largest absolute Gasteiger partial charge is 0.497 e. The minimum Gasteiger partial charge on any atom is -0.497 e. The fourth-order valence-electron chi connectivity index (χ4n) is 10.4. The van der Waals surface area contributed by atoms with Gasteiger partial charge in [-0.1, -0.05) is 123 Å². The zero-order valence-corrected chi connectivity index (χ0v) is 34.6. The van der Waals surface area contributed by atoms with Crippen LogP contribution in [0.5, 0.6) is 5.75 Å². The number of ether oxygens (including phenoxy) is 2. The summed E-state index contributed by atoms with van der Waals surface area (Å²) in [7, 11) is 1.67. The van der Waals surface area contributed by atoms with Crippen molar-refractivity contribution in [1.29, 1.82) is 0 Å². The van der Waals surface area contributed by atoms with Gasteiger partial charge in [-0.2, -0.15) is 0 Å². The summed E-state index contributed by atoms with van der Waals surface area (Å²) in [5.41, 5.74) is 5.65. The van der Waals surface area contributed by atoms with Crippen molar-refractivity contribution in [1.82, 2.24) is 15.0 Å². The molecule has 7 aromatic rings. The van der Waals surface area contributed by atoms with E-state index in [2.05, 4.69) is 43.2 Å². The van der Waals surface area contributed by atoms with Crippen molar-refractivity contribution in [3.05, 3.63) is 179 Å². The molecule has 61 heavy (non-hydrogen) atoms. The Hall–Kier alpha value is -6.62. The van der Waals surface area contributed by atoms with Crippen LogP contribution >= 0.6 is 0 Å². The van der Waals surface area contributed by atoms with Gasteiger partial charge in [0, 0.05) is 35.0 Å². The second-order valence-corrected chi connectivity index (χ2v) is 17.1. The zero-order valence-electron chi connectivity index (χ0n) is 34.6. The molecular weight excluding hydrogens is 763 g/mol. The average Bonchev–Trinajstić information content (AvgIpc) is 4.03. The fraction of sp³-hybridized carbons (Fsp3) is 0.255. The van der Waals surface area contributed by atoms with E-state index in [1.54, 1.807) is 22.9 Å². The number of nitrogens with zero attached hydrogens (tertiary/aromatic N) is 5. The summed E-state index contributed by atoms with van der Waals surface area (Å²) >= 11 is 0. The zero-order chi connectivity index (χ0) is 42.0. The third kappa shape index (κ3) is 6.15. The van der Waals surface area contributed by atoms with Gasteiger partial charge in [0.05, 0.1) is 42.9 Å². The highest BCUT2D eigenvalue weighted by atomic mass is 16.5. The molecule has 5 atom stereocenters. The number of anilines is 3. The molecule has 3 aliphatic rings. The maximum Gasteiger partial charge on any atom is 0.264 e. The Kier molecular flexibility index (Phi) is 9.38. The first-order chi connectivity index (χ1) is 29.6. The molecule has 1 fully saturated rings. The predicted octanol–water partition coefficient (Wildman–Crippen LogP) is 9.27. The Bertz CT molecular complexity index is 2780. The summed E-state index contributed by atoms with van der Waals surface area (Å²) in [5.74, 6) is 0.317. The molecule has 1 saturated heterocycles. The van der Waals surface area contributed by atoms with E-state index in [0.717, 1.165) is 55.8 Å². The minimum absolute atomic E-state index is 0.0479. The first-order valence-electron chi connectivity index (χ1n) is 20.9. The van der Waals surface area contributed by atoms with Crippen LogP contribution in [0.1, 0.15) is 71.6 Å². The van der Waals surface area contributed by atoms with Crippen molar-refractivity contribution >= 4 is 39.6 Å². The molecule has 0 aliphatic carbocycles. The number of carbonyl (C=O) groups excluding carboxylic acids is 2. The van der Waals surface area contributed by atoms with E-state index < -0.39 is 17.1 Å². The van der Waals surface area contributed by atoms with E-state index in [9.17, 15) is 9.90 Å². The van der Waals surface area contributed by atoms with Crippen LogP contribution in [0.25, 0.3) is 10.8 Å². The van der Waals surface area contributed by atoms with Gasteiger partial charge in [-0.3, -0.25) is 19.2 Å². The second kappa shape index (κ2) is 14.8. The number of carbonyl (C=O) groups is 2. The second-order valence-electron chi connectivity index (χ2n) is 17.1. The maximum atomic E-state index is 15.4. The van der Waals surface area contributed by atoms with Crippen molar-refractivity contribution in [3.8, 4) is 5.75 Å². The topological polar surface area (TPSA) is 110 Å². The number of aliphatic hydroxyl groups is 1. The number of methoxy groups -OCH3 is 1. The predicted molar refractivity (Wildman–Crippen MR) is 235 cm³/mol. The number of para-hydroxylation sites is 1. The molecule has 0 saturated carbocycles. The van der Waals surface area contributed by atoms with Gasteiger partial charge in [-0.05, 0) is 76.4 Å². The van der Waals surface area contributed by atoms with Crippen LogP contribution in [0.15, 0.2) is 146 Å². The van der Waals surface area contributed by atoms with Gasteiger partial charge in [-0.15, -0.1) is 5.10 Å². The van der Waals surface area contributed by atoms with Gasteiger partial charge in [0.15, 0.2) is 5.60 Å². The monoisotopic (exact) mass is 809 g/mol. The van der Waals surface area contributed by atoms with Crippen molar-refractivity contribution in [3.63, 3.8) is 0 Å². The number of amides is 2. The van der Waals surface area contributed by atoms with Gasteiger partial charge in [-0.25, -0.2) is 0 Å². The lowest BCUT2D eigenvalue weighted by Gasteiger charge is -2.38. The normalized spacial score (nSPS) is 21.2. The maximum absolute atomic E-state index is 15.4. The molecule has 0 unspecified atom stereocenters. The average molecular weight is 810 g/mol. The molecule has 3 aliphatic heterocycles. The van der Waals surface area contributed by atoms with Crippen molar-refractivity contribution in [2.45, 2.75) is 63.5 Å². The summed E-state index contributed by atoms with van der Waals surface area (Å²) in [5, 5.41) is 21.8. The van der Waals surface area contributed by atoms with E-state index in [-0.39, 0.29) is 29.8 Å². The Balaban J connectivity index is 0.958. The molecule has 0 bridgehead atoms. The molecule has 306 valence electrons. The number of hydrogen-bond acceptors (Lipinski definition) is 7. The number of rotatable bonds is 11. The molecule has 10 heteroatoms. The van der Waals surface area contributed by atoms with Crippen molar-refractivity contribution in [2.24, 2.45) is 11.8 Å². The summed E-state index contributed by atoms with van der Waals surface area (Å²) in [6, 6.07) is 45.4. The van der Waals surface area contributed by atoms with Crippen LogP contribution in [-0.4, -0.2) is 45.1 Å². The first kappa shape index (κ1) is 38.6. The van der Waals surface area contributed by atoms with Gasteiger partial charge < -0.3 is 19.5 Å². The SMILES string of the molecule is COc1ccc(C(C)(C)[C@H]2[C@H](CCn3cc([C@H](O)c4ccccc4)nn3)O[C@@]3(C(=O)N(Cc4ccc(N5C(=O)c6cccc7cccc5c67)cc4)c4ccccc43)[C@@H]2C)cc1. The summed E-state index contributed by atoms with van der Waals surface area (Å²) in [6.07, 6.45) is 1.11. The van der Waals surface area contributed by atoms with Gasteiger partial charge in [0.2, 0.25) is 0 Å². The smallest absolute Gasteiger partial charge is 0.264 e. The van der Waals surface area contributed by atoms with E-state index >= 15 is 4.79 Å². The van der Waals surface area contributed by atoms with Crippen molar-refractivity contribution < 1.29 is 24.2 Å². The molecule has 1 N–H and O–H groups in total. The molecule has 10 rings (SSSR count). The number of aryl methyl sites for hydroxylation is 1. The highest BCUT2D eigenvalue weighted by Crippen LogP contribution is 2.60. The Morgan fingerprint density at radius 2 is 1.54 bits per heavy atom. The first-order valence-corrected chi connectivity index (χ1v) is 20.9. The van der Waals surface area contributed by atoms with Crippen LogP contribution in [0.4, 0.5) is 17.1 Å². The van der Waals surface area contributed by atoms with E-state index in [0.29, 0.717) is 30.8 Å². The summed E-state index contributed by atoms with van der Waals surface area (Å²) < 4.78 is 14.6. The highest BCUT2D eigenvalue weighted by molar-refractivity contribution is 6.27. The summed E-state index contributed by atoms with van der Waals surface area (Å²) in [6.45, 7) is 7.45. The van der Waals surface area contributed by atoms with Gasteiger partial charge in [0.25, 0.3) is 11.8 Å². The third-order valence-corrected chi connectivity index (χ3v) is 13.4. The highest BCUT2D eigenvalue weighted by Gasteiger charge is 2.65. The van der Waals surface area contributed by atoms with E-state index in [4.69, 9.17) is 9.47 Å². The lowest BCUT2D eigenvalue weighted by molar-refractivity contribution is -0.146. The molecule has 1 aromatic heterocycles. The van der Waals surface area contributed by atoms with Gasteiger partial charge in [0.1, 0.15) is 17.5 Å². The number of hydrogen-bond donors (Lipinski definition) is 1. The number of aliphatic hydroxyl groups excluding tert-OH is 1. The third-order valence-electron chi connectivity index (χ3n) is 13.4. The number of benzene rings is 6. The summed E-state index contributed by atoms with van der Waals surface area (Å²) in [4.78, 5) is 32.7. The van der Waals surface area contributed by atoms with E-state index in [1.807, 2.05) is 132 Å². The molecular formula is C51H47N5O5. The fourth-order valence-corrected chi connectivity index (χ4v) is 10.4. The number of fused-ring (bicyclic) bond motifs is 2. The Morgan fingerprint density at radius 3 is 2.30 bits per heavy atom. The Labute approximate surface area is 355 Å². The Morgan fingerprint density at radius 1 is 0.836 bits per heavy atom. The lowest BCUT2D eigenvalue weighted by atomic mass is 9.63. The number of aromatic nitrogens is 3. The molecule has 4 heterocycles. The van der Waals surface area contributed by atoms with E-state index in [1.165, 1.54) is 0 Å². The minimum atomic E-state index is -1.24. The van der Waals surface area contributed by atoms with Crippen LogP contribution in [0, 0.1) is 11.8 Å².